The van der Waals surface area contributed by atoms with Gasteiger partial charge < -0.3 is 30.9 Å². The van der Waals surface area contributed by atoms with Crippen molar-refractivity contribution in [3.8, 4) is 0 Å². The van der Waals surface area contributed by atoms with Gasteiger partial charge in [-0.15, -0.1) is 0 Å². The minimum absolute atomic E-state index is 0.758. The smallest absolute Gasteiger partial charge is 0.0922 e. The van der Waals surface area contributed by atoms with Crippen molar-refractivity contribution in [2.75, 3.05) is 0 Å². The molecule has 0 radical (unpaired) electrons. The molecular weight excluding hydrogens is 414 g/mol. The molecule has 9 heteroatoms. The summed E-state index contributed by atoms with van der Waals surface area (Å²) >= 11 is 0. The number of nitrogens with zero attached hydrogens (tertiary/aromatic N) is 3. The van der Waals surface area contributed by atoms with Crippen molar-refractivity contribution in [1.82, 2.24) is 45.9 Å². The van der Waals surface area contributed by atoms with E-state index in [-0.39, 0.29) is 0 Å². The maximum atomic E-state index is 4.11. The molecule has 0 amide bonds. The van der Waals surface area contributed by atoms with Gasteiger partial charge in [0.25, 0.3) is 0 Å². The van der Waals surface area contributed by atoms with Gasteiger partial charge in [-0.25, -0.2) is 15.0 Å². The van der Waals surface area contributed by atoms with Gasteiger partial charge in [0.05, 0.1) is 19.0 Å². The van der Waals surface area contributed by atoms with E-state index < -0.39 is 0 Å². The second kappa shape index (κ2) is 11.0. The summed E-state index contributed by atoms with van der Waals surface area (Å²) in [6, 6.07) is 0. The van der Waals surface area contributed by atoms with Gasteiger partial charge in [-0.3, -0.25) is 0 Å². The number of aromatic amines is 3. The van der Waals surface area contributed by atoms with Gasteiger partial charge in [0.1, 0.15) is 0 Å². The molecule has 0 fully saturated rings. The molecule has 0 aliphatic heterocycles. The Labute approximate surface area is 194 Å². The molecule has 0 saturated carbocycles. The lowest BCUT2D eigenvalue weighted by molar-refractivity contribution is 0.647. The van der Waals surface area contributed by atoms with Gasteiger partial charge in [0.2, 0.25) is 0 Å². The van der Waals surface area contributed by atoms with E-state index in [9.17, 15) is 0 Å². The predicted molar refractivity (Wildman–Crippen MR) is 128 cm³/mol. The predicted octanol–water partition coefficient (Wildman–Crippen LogP) is 2.65. The molecule has 0 aliphatic rings. The third kappa shape index (κ3) is 5.75. The highest BCUT2D eigenvalue weighted by atomic mass is 14.9. The number of H-pyrrole nitrogens is 3. The normalized spacial score (nSPS) is 11.4. The lowest BCUT2D eigenvalue weighted by Gasteiger charge is -2.23. The molecule has 9 nitrogen and oxygen atoms in total. The van der Waals surface area contributed by atoms with Crippen LogP contribution < -0.4 is 16.0 Å². The highest BCUT2D eigenvalue weighted by molar-refractivity contribution is 5.50. The second-order valence-corrected chi connectivity index (χ2v) is 8.35. The average molecular weight is 448 g/mol. The maximum Gasteiger partial charge on any atom is 0.0922 e. The van der Waals surface area contributed by atoms with Crippen molar-refractivity contribution in [2.45, 2.75) is 60.0 Å². The first-order valence-electron chi connectivity index (χ1n) is 11.3. The van der Waals surface area contributed by atoms with Crippen LogP contribution in [0.5, 0.6) is 0 Å². The Balaban J connectivity index is 1.52. The Morgan fingerprint density at radius 2 is 0.818 bits per heavy atom. The van der Waals surface area contributed by atoms with Crippen LogP contribution in [0.4, 0.5) is 0 Å². The van der Waals surface area contributed by atoms with Gasteiger partial charge >= 0.3 is 0 Å². The summed E-state index contributed by atoms with van der Waals surface area (Å²) in [5, 5.41) is 10.7. The van der Waals surface area contributed by atoms with Gasteiger partial charge in [0, 0.05) is 74.9 Å². The van der Waals surface area contributed by atoms with Crippen LogP contribution in [0.25, 0.3) is 0 Å². The minimum Gasteiger partial charge on any atom is -0.347 e. The number of hydrogen-bond donors (Lipinski definition) is 6. The maximum absolute atomic E-state index is 4.11. The molecule has 33 heavy (non-hydrogen) atoms. The highest BCUT2D eigenvalue weighted by Gasteiger charge is 2.17. The molecule has 1 aromatic carbocycles. The molecule has 0 saturated heterocycles. The fourth-order valence-electron chi connectivity index (χ4n) is 4.30. The van der Waals surface area contributed by atoms with Crippen molar-refractivity contribution in [3.05, 3.63) is 88.0 Å². The zero-order valence-electron chi connectivity index (χ0n) is 19.5. The van der Waals surface area contributed by atoms with Crippen LogP contribution in [0.1, 0.15) is 50.5 Å². The van der Waals surface area contributed by atoms with E-state index in [1.807, 2.05) is 18.6 Å². The number of aromatic nitrogens is 6. The van der Waals surface area contributed by atoms with Crippen LogP contribution in [-0.4, -0.2) is 29.9 Å². The summed E-state index contributed by atoms with van der Waals surface area (Å²) < 4.78 is 0. The van der Waals surface area contributed by atoms with Crippen molar-refractivity contribution >= 4 is 0 Å². The fraction of sp³-hybridized carbons (Fsp3) is 0.375. The summed E-state index contributed by atoms with van der Waals surface area (Å²) in [4.78, 5) is 21.8. The van der Waals surface area contributed by atoms with Crippen molar-refractivity contribution in [3.63, 3.8) is 0 Å². The van der Waals surface area contributed by atoms with Crippen LogP contribution >= 0.6 is 0 Å². The molecule has 4 rings (SSSR count). The lowest BCUT2D eigenvalue weighted by Crippen LogP contribution is -2.22. The van der Waals surface area contributed by atoms with E-state index in [0.29, 0.717) is 0 Å². The lowest BCUT2D eigenvalue weighted by atomic mass is 9.87. The van der Waals surface area contributed by atoms with E-state index in [2.05, 4.69) is 66.6 Å². The van der Waals surface area contributed by atoms with Crippen LogP contribution in [0.2, 0.25) is 0 Å². The highest BCUT2D eigenvalue weighted by Crippen LogP contribution is 2.28. The monoisotopic (exact) mass is 447 g/mol. The molecule has 174 valence electrons. The Hall–Kier alpha value is -3.27. The first kappa shape index (κ1) is 22.9. The molecule has 0 spiro atoms. The molecule has 0 atom stereocenters. The quantitative estimate of drug-likeness (QED) is 0.199. The largest absolute Gasteiger partial charge is 0.347 e. The zero-order chi connectivity index (χ0) is 23.0. The van der Waals surface area contributed by atoms with Gasteiger partial charge in [-0.2, -0.15) is 0 Å². The van der Waals surface area contributed by atoms with Crippen LogP contribution in [0.3, 0.4) is 0 Å². The number of imidazole rings is 3. The molecule has 3 aromatic heterocycles. The fourth-order valence-corrected chi connectivity index (χ4v) is 4.30. The van der Waals surface area contributed by atoms with E-state index in [1.54, 1.807) is 19.0 Å². The number of rotatable bonds is 12. The van der Waals surface area contributed by atoms with Crippen molar-refractivity contribution < 1.29 is 0 Å². The molecule has 0 unspecified atom stereocenters. The third-order valence-electron chi connectivity index (χ3n) is 6.23. The van der Waals surface area contributed by atoms with Gasteiger partial charge in [-0.1, -0.05) is 0 Å². The molecule has 6 N–H and O–H groups in total. The summed E-state index contributed by atoms with van der Waals surface area (Å²) in [6.07, 6.45) is 10.7. The standard InChI is InChI=1S/C24H33N9/c1-16-22(10-25-4-19-7-28-13-31-19)17(2)24(12-27-6-21-9-30-15-33-21)18(3)23(16)11-26-5-20-8-29-14-32-20/h7-9,13-15,25-27H,4-6,10-12H2,1-3H3,(H,28,31)(H,29,32)(H,30,33). The van der Waals surface area contributed by atoms with Crippen LogP contribution in [0, 0.1) is 20.8 Å². The second-order valence-electron chi connectivity index (χ2n) is 8.35. The summed E-state index contributed by atoms with van der Waals surface area (Å²) in [5.41, 5.74) is 11.4. The van der Waals surface area contributed by atoms with Gasteiger partial charge in [0.15, 0.2) is 0 Å². The Kier molecular flexibility index (Phi) is 7.66. The molecule has 0 aliphatic carbocycles. The van der Waals surface area contributed by atoms with Crippen LogP contribution in [-0.2, 0) is 39.3 Å². The topological polar surface area (TPSA) is 122 Å². The van der Waals surface area contributed by atoms with E-state index in [0.717, 1.165) is 56.4 Å². The van der Waals surface area contributed by atoms with Gasteiger partial charge in [-0.05, 0) is 54.2 Å². The Morgan fingerprint density at radius 1 is 0.515 bits per heavy atom. The minimum atomic E-state index is 0.758. The molecule has 3 heterocycles. The molecule has 4 aromatic rings. The number of benzene rings is 1. The third-order valence-corrected chi connectivity index (χ3v) is 6.23. The first-order chi connectivity index (χ1) is 16.1. The molecular formula is C24H33N9. The van der Waals surface area contributed by atoms with Crippen LogP contribution in [0.15, 0.2) is 37.6 Å². The Morgan fingerprint density at radius 3 is 1.06 bits per heavy atom. The van der Waals surface area contributed by atoms with E-state index in [1.165, 1.54) is 33.4 Å². The SMILES string of the molecule is Cc1c(CNCc2cnc[nH]2)c(C)c(CNCc2cnc[nH]2)c(C)c1CNCc1cnc[nH]1. The van der Waals surface area contributed by atoms with E-state index in [4.69, 9.17) is 0 Å². The zero-order valence-corrected chi connectivity index (χ0v) is 19.5. The summed E-state index contributed by atoms with van der Waals surface area (Å²) in [6.45, 7) is 11.4. The number of nitrogens with one attached hydrogen (secondary N) is 6. The van der Waals surface area contributed by atoms with Crippen molar-refractivity contribution in [2.24, 2.45) is 0 Å². The first-order valence-corrected chi connectivity index (χ1v) is 11.3. The summed E-state index contributed by atoms with van der Waals surface area (Å²) in [5.74, 6) is 0. The van der Waals surface area contributed by atoms with Crippen molar-refractivity contribution in [1.29, 1.82) is 0 Å². The number of hydrogen-bond acceptors (Lipinski definition) is 6. The Bertz CT molecular complexity index is 949. The van der Waals surface area contributed by atoms with E-state index >= 15 is 0 Å². The summed E-state index contributed by atoms with van der Waals surface area (Å²) in [7, 11) is 0. The average Bonchev–Trinajstić information content (AvgIpc) is 3.59. The molecule has 0 bridgehead atoms.